The van der Waals surface area contributed by atoms with Gasteiger partial charge in [-0.2, -0.15) is 0 Å². The van der Waals surface area contributed by atoms with Crippen molar-refractivity contribution in [1.82, 2.24) is 10.6 Å². The fourth-order valence-corrected chi connectivity index (χ4v) is 2.52. The third-order valence-electron chi connectivity index (χ3n) is 4.36. The molecule has 0 aliphatic carbocycles. The lowest BCUT2D eigenvalue weighted by atomic mass is 9.87. The summed E-state index contributed by atoms with van der Waals surface area (Å²) in [5, 5.41) is 6.90. The van der Waals surface area contributed by atoms with E-state index in [2.05, 4.69) is 79.9 Å². The van der Waals surface area contributed by atoms with Gasteiger partial charge in [-0.05, 0) is 38.5 Å². The van der Waals surface area contributed by atoms with Gasteiger partial charge in [-0.25, -0.2) is 0 Å². The van der Waals surface area contributed by atoms with E-state index in [-0.39, 0.29) is 11.4 Å². The van der Waals surface area contributed by atoms with Gasteiger partial charge in [-0.15, -0.1) is 0 Å². The lowest BCUT2D eigenvalue weighted by molar-refractivity contribution is 0.0224. The summed E-state index contributed by atoms with van der Waals surface area (Å²) < 4.78 is 11.1. The van der Waals surface area contributed by atoms with Gasteiger partial charge in [0.2, 0.25) is 0 Å². The molecular weight excluding hydrogens is 276 g/mol. The maximum atomic E-state index is 5.57. The van der Waals surface area contributed by atoms with Crippen molar-refractivity contribution in [3.05, 3.63) is 0 Å². The highest BCUT2D eigenvalue weighted by Crippen LogP contribution is 2.28. The second kappa shape index (κ2) is 6.39. The summed E-state index contributed by atoms with van der Waals surface area (Å²) in [5.41, 5.74) is 0.345. The molecule has 2 rings (SSSR count). The molecule has 0 unspecified atom stereocenters. The molecule has 0 amide bonds. The topological polar surface area (TPSA) is 42.5 Å². The fraction of sp³-hybridized carbons (Fsp3) is 1.00. The van der Waals surface area contributed by atoms with E-state index in [1.807, 2.05) is 0 Å². The first kappa shape index (κ1) is 19.9. The highest BCUT2D eigenvalue weighted by molar-refractivity contribution is 4.90. The minimum Gasteiger partial charge on any atom is -0.360 e. The molecule has 0 radical (unpaired) electrons. The minimum absolute atomic E-state index is 0.127. The van der Waals surface area contributed by atoms with Crippen LogP contribution in [0.1, 0.15) is 69.2 Å². The Morgan fingerprint density at radius 2 is 0.955 bits per heavy atom. The van der Waals surface area contributed by atoms with Crippen LogP contribution in [0.15, 0.2) is 0 Å². The summed E-state index contributed by atoms with van der Waals surface area (Å²) in [6.07, 6.45) is 0. The Morgan fingerprint density at radius 1 is 0.682 bits per heavy atom. The zero-order valence-corrected chi connectivity index (χ0v) is 16.4. The standard InChI is InChI=1S/2C9H19NO/c2*1-8(2,3)7-6-11-9(4,5)10-7/h2*7,10H,6H2,1-5H3/t2*7-/m10/s1. The molecule has 4 heteroatoms. The maximum Gasteiger partial charge on any atom is 0.113 e. The average molecular weight is 315 g/mol. The van der Waals surface area contributed by atoms with Gasteiger partial charge in [-0.1, -0.05) is 41.5 Å². The first-order chi connectivity index (χ1) is 9.62. The van der Waals surface area contributed by atoms with Crippen molar-refractivity contribution in [1.29, 1.82) is 0 Å². The molecule has 0 bridgehead atoms. The van der Waals surface area contributed by atoms with E-state index in [9.17, 15) is 0 Å². The van der Waals surface area contributed by atoms with E-state index in [0.29, 0.717) is 22.9 Å². The number of hydrogen-bond acceptors (Lipinski definition) is 4. The first-order valence-electron chi connectivity index (χ1n) is 8.46. The molecular formula is C18H38N2O2. The lowest BCUT2D eigenvalue weighted by Crippen LogP contribution is -2.44. The SMILES string of the molecule is CC1(C)N[C@@H](C(C)(C)C)CO1.CC1(C)N[C@H](C(C)(C)C)CO1. The van der Waals surface area contributed by atoms with Gasteiger partial charge in [0, 0.05) is 12.1 Å². The highest BCUT2D eigenvalue weighted by atomic mass is 16.5. The molecule has 2 atom stereocenters. The number of hydrogen-bond donors (Lipinski definition) is 2. The molecule has 2 N–H and O–H groups in total. The maximum absolute atomic E-state index is 5.57. The summed E-state index contributed by atoms with van der Waals surface area (Å²) in [4.78, 5) is 0. The monoisotopic (exact) mass is 314 g/mol. The predicted molar refractivity (Wildman–Crippen MR) is 92.8 cm³/mol. The summed E-state index contributed by atoms with van der Waals surface area (Å²) in [6, 6.07) is 0.968. The number of nitrogens with one attached hydrogen (secondary N) is 2. The molecule has 2 saturated heterocycles. The van der Waals surface area contributed by atoms with Crippen LogP contribution in [0.5, 0.6) is 0 Å². The molecule has 2 heterocycles. The third-order valence-corrected chi connectivity index (χ3v) is 4.36. The van der Waals surface area contributed by atoms with Crippen LogP contribution >= 0.6 is 0 Å². The molecule has 0 saturated carbocycles. The molecule has 0 aromatic heterocycles. The van der Waals surface area contributed by atoms with E-state index >= 15 is 0 Å². The third kappa shape index (κ3) is 6.15. The zero-order chi connectivity index (χ0) is 17.4. The fourth-order valence-electron chi connectivity index (χ4n) is 2.52. The van der Waals surface area contributed by atoms with Crippen LogP contribution in [0.25, 0.3) is 0 Å². The molecule has 0 aromatic rings. The van der Waals surface area contributed by atoms with E-state index < -0.39 is 0 Å². The van der Waals surface area contributed by atoms with Crippen LogP contribution in [-0.4, -0.2) is 36.7 Å². The zero-order valence-electron chi connectivity index (χ0n) is 16.4. The van der Waals surface area contributed by atoms with E-state index in [0.717, 1.165) is 13.2 Å². The van der Waals surface area contributed by atoms with Gasteiger partial charge in [0.15, 0.2) is 0 Å². The van der Waals surface area contributed by atoms with Crippen LogP contribution < -0.4 is 10.6 Å². The normalized spacial score (nSPS) is 30.8. The summed E-state index contributed by atoms with van der Waals surface area (Å²) in [6.45, 7) is 23.3. The first-order valence-corrected chi connectivity index (χ1v) is 8.46. The smallest absolute Gasteiger partial charge is 0.113 e. The van der Waals surface area contributed by atoms with Crippen LogP contribution in [0.3, 0.4) is 0 Å². The Hall–Kier alpha value is -0.160. The Balaban J connectivity index is 0.000000220. The minimum atomic E-state index is -0.127. The van der Waals surface area contributed by atoms with Crippen LogP contribution in [0, 0.1) is 10.8 Å². The van der Waals surface area contributed by atoms with Crippen molar-refractivity contribution in [3.63, 3.8) is 0 Å². The molecule has 0 spiro atoms. The Labute approximate surface area is 137 Å². The van der Waals surface area contributed by atoms with Crippen LogP contribution in [0.4, 0.5) is 0 Å². The van der Waals surface area contributed by atoms with Crippen LogP contribution in [0.2, 0.25) is 0 Å². The second-order valence-corrected chi connectivity index (χ2v) is 9.77. The molecule has 2 aliphatic rings. The Morgan fingerprint density at radius 3 is 1.05 bits per heavy atom. The van der Waals surface area contributed by atoms with Gasteiger partial charge >= 0.3 is 0 Å². The molecule has 2 fully saturated rings. The van der Waals surface area contributed by atoms with Crippen molar-refractivity contribution in [3.8, 4) is 0 Å². The lowest BCUT2D eigenvalue weighted by Gasteiger charge is -2.27. The Kier molecular flexibility index (Phi) is 5.77. The van der Waals surface area contributed by atoms with E-state index in [1.165, 1.54) is 0 Å². The van der Waals surface area contributed by atoms with E-state index in [1.54, 1.807) is 0 Å². The number of ether oxygens (including phenoxy) is 2. The highest BCUT2D eigenvalue weighted by Gasteiger charge is 2.38. The quantitative estimate of drug-likeness (QED) is 0.718. The average Bonchev–Trinajstić information content (AvgIpc) is 2.80. The van der Waals surface area contributed by atoms with Gasteiger partial charge in [0.1, 0.15) is 11.4 Å². The van der Waals surface area contributed by atoms with Crippen molar-refractivity contribution in [2.45, 2.75) is 92.8 Å². The van der Waals surface area contributed by atoms with Gasteiger partial charge < -0.3 is 9.47 Å². The van der Waals surface area contributed by atoms with Gasteiger partial charge in [0.05, 0.1) is 13.2 Å². The number of rotatable bonds is 0. The summed E-state index contributed by atoms with van der Waals surface area (Å²) >= 11 is 0. The van der Waals surface area contributed by atoms with Gasteiger partial charge in [-0.3, -0.25) is 10.6 Å². The Bertz CT molecular complexity index is 328. The van der Waals surface area contributed by atoms with Crippen LogP contribution in [-0.2, 0) is 9.47 Å². The van der Waals surface area contributed by atoms with Crippen molar-refractivity contribution < 1.29 is 9.47 Å². The largest absolute Gasteiger partial charge is 0.360 e. The molecule has 0 aromatic carbocycles. The van der Waals surface area contributed by atoms with Crippen molar-refractivity contribution in [2.75, 3.05) is 13.2 Å². The van der Waals surface area contributed by atoms with Crippen molar-refractivity contribution >= 4 is 0 Å². The van der Waals surface area contributed by atoms with Gasteiger partial charge in [0.25, 0.3) is 0 Å². The molecule has 2 aliphatic heterocycles. The summed E-state index contributed by atoms with van der Waals surface area (Å²) in [7, 11) is 0. The molecule has 4 nitrogen and oxygen atoms in total. The van der Waals surface area contributed by atoms with E-state index in [4.69, 9.17) is 9.47 Å². The second-order valence-electron chi connectivity index (χ2n) is 9.77. The molecule has 132 valence electrons. The summed E-state index contributed by atoms with van der Waals surface area (Å²) in [5.74, 6) is 0. The van der Waals surface area contributed by atoms with Crippen molar-refractivity contribution in [2.24, 2.45) is 10.8 Å². The molecule has 22 heavy (non-hydrogen) atoms. The predicted octanol–water partition coefficient (Wildman–Crippen LogP) is 3.51.